The van der Waals surface area contributed by atoms with Gasteiger partial charge in [-0.1, -0.05) is 23.8 Å². The van der Waals surface area contributed by atoms with Crippen molar-refractivity contribution >= 4 is 27.0 Å². The first kappa shape index (κ1) is 16.7. The number of carboxylic acids is 1. The van der Waals surface area contributed by atoms with Gasteiger partial charge >= 0.3 is 16.1 Å². The third-order valence-electron chi connectivity index (χ3n) is 3.48. The van der Waals surface area contributed by atoms with Crippen molar-refractivity contribution in [1.82, 2.24) is 10.2 Å². The molecule has 3 rings (SSSR count). The highest BCUT2D eigenvalue weighted by atomic mass is 32.2. The van der Waals surface area contributed by atoms with Gasteiger partial charge in [-0.2, -0.15) is 13.5 Å². The number of H-pyrrole nitrogens is 1. The van der Waals surface area contributed by atoms with E-state index in [0.717, 1.165) is 5.56 Å². The second-order valence-corrected chi connectivity index (χ2v) is 6.78. The third kappa shape index (κ3) is 3.09. The van der Waals surface area contributed by atoms with Gasteiger partial charge < -0.3 is 9.29 Å². The zero-order valence-electron chi connectivity index (χ0n) is 12.9. The molecular formula is C16H12N2O6S. The molecule has 2 aromatic carbocycles. The van der Waals surface area contributed by atoms with Gasteiger partial charge in [0.15, 0.2) is 5.75 Å². The number of rotatable bonds is 4. The highest BCUT2D eigenvalue weighted by Crippen LogP contribution is 2.25. The van der Waals surface area contributed by atoms with Crippen LogP contribution in [0.2, 0.25) is 0 Å². The Morgan fingerprint density at radius 3 is 2.48 bits per heavy atom. The fraction of sp³-hybridized carbons (Fsp3) is 0.0625. The van der Waals surface area contributed by atoms with E-state index in [9.17, 15) is 18.0 Å². The summed E-state index contributed by atoms with van der Waals surface area (Å²) in [5.41, 5.74) is -0.641. The SMILES string of the molecule is Cc1ccc(S(=O)(=O)Oc2cccc3c(=O)c(C(=O)O)n[nH]c23)cc1. The van der Waals surface area contributed by atoms with Crippen LogP contribution in [0.25, 0.3) is 10.9 Å². The minimum atomic E-state index is -4.13. The molecule has 0 bridgehead atoms. The van der Waals surface area contributed by atoms with Gasteiger partial charge in [0.1, 0.15) is 10.4 Å². The maximum Gasteiger partial charge on any atom is 0.360 e. The van der Waals surface area contributed by atoms with Crippen molar-refractivity contribution < 1.29 is 22.5 Å². The number of aromatic amines is 1. The van der Waals surface area contributed by atoms with Gasteiger partial charge in [-0.25, -0.2) is 4.79 Å². The van der Waals surface area contributed by atoms with E-state index in [1.54, 1.807) is 12.1 Å². The van der Waals surface area contributed by atoms with Gasteiger partial charge in [-0.15, -0.1) is 0 Å². The van der Waals surface area contributed by atoms with Crippen molar-refractivity contribution in [2.75, 3.05) is 0 Å². The number of nitrogens with one attached hydrogen (secondary N) is 1. The Bertz CT molecular complexity index is 1130. The summed E-state index contributed by atoms with van der Waals surface area (Å²) in [5, 5.41) is 14.7. The van der Waals surface area contributed by atoms with Crippen molar-refractivity contribution in [3.63, 3.8) is 0 Å². The molecule has 25 heavy (non-hydrogen) atoms. The second-order valence-electron chi connectivity index (χ2n) is 5.24. The van der Waals surface area contributed by atoms with Crippen LogP contribution < -0.4 is 9.61 Å². The molecule has 0 unspecified atom stereocenters. The number of aromatic carboxylic acids is 1. The van der Waals surface area contributed by atoms with E-state index >= 15 is 0 Å². The smallest absolute Gasteiger partial charge is 0.360 e. The number of carbonyl (C=O) groups is 1. The van der Waals surface area contributed by atoms with Crippen LogP contribution >= 0.6 is 0 Å². The van der Waals surface area contributed by atoms with Crippen LogP contribution in [-0.2, 0) is 10.1 Å². The maximum atomic E-state index is 12.4. The molecule has 8 nitrogen and oxygen atoms in total. The Morgan fingerprint density at radius 2 is 1.84 bits per heavy atom. The predicted octanol–water partition coefficient (Wildman–Crippen LogP) is 1.70. The molecule has 0 aliphatic heterocycles. The van der Waals surface area contributed by atoms with Crippen LogP contribution in [0.1, 0.15) is 16.1 Å². The summed E-state index contributed by atoms with van der Waals surface area (Å²) < 4.78 is 29.9. The first-order chi connectivity index (χ1) is 11.8. The third-order valence-corrected chi connectivity index (χ3v) is 4.73. The number of benzene rings is 2. The number of aromatic nitrogens is 2. The second kappa shape index (κ2) is 6.02. The topological polar surface area (TPSA) is 126 Å². The summed E-state index contributed by atoms with van der Waals surface area (Å²) >= 11 is 0. The fourth-order valence-electron chi connectivity index (χ4n) is 2.21. The molecule has 128 valence electrons. The Balaban J connectivity index is 2.11. The lowest BCUT2D eigenvalue weighted by Gasteiger charge is -2.09. The Hall–Kier alpha value is -3.20. The Kier molecular flexibility index (Phi) is 4.01. The van der Waals surface area contributed by atoms with Gasteiger partial charge in [-0.3, -0.25) is 9.89 Å². The average Bonchev–Trinajstić information content (AvgIpc) is 2.55. The molecular weight excluding hydrogens is 348 g/mol. The zero-order valence-corrected chi connectivity index (χ0v) is 13.7. The molecule has 0 aliphatic rings. The van der Waals surface area contributed by atoms with Crippen LogP contribution in [0.4, 0.5) is 0 Å². The summed E-state index contributed by atoms with van der Waals surface area (Å²) in [7, 11) is -4.13. The van der Waals surface area contributed by atoms with Gasteiger partial charge in [0, 0.05) is 0 Å². The molecule has 3 aromatic rings. The first-order valence-electron chi connectivity index (χ1n) is 7.05. The van der Waals surface area contributed by atoms with Crippen molar-refractivity contribution in [2.45, 2.75) is 11.8 Å². The van der Waals surface area contributed by atoms with E-state index in [1.165, 1.54) is 30.3 Å². The monoisotopic (exact) mass is 360 g/mol. The minimum absolute atomic E-state index is 0.00631. The summed E-state index contributed by atoms with van der Waals surface area (Å²) in [6.45, 7) is 1.82. The number of carboxylic acid groups (broad SMARTS) is 1. The maximum absolute atomic E-state index is 12.4. The number of para-hydroxylation sites is 1. The van der Waals surface area contributed by atoms with Gasteiger partial charge in [-0.05, 0) is 31.2 Å². The van der Waals surface area contributed by atoms with Crippen LogP contribution in [0.15, 0.2) is 52.2 Å². The Labute approximate surface area is 141 Å². The van der Waals surface area contributed by atoms with Crippen molar-refractivity contribution in [2.24, 2.45) is 0 Å². The van der Waals surface area contributed by atoms with E-state index in [2.05, 4.69) is 10.2 Å². The zero-order chi connectivity index (χ0) is 18.2. The highest BCUT2D eigenvalue weighted by Gasteiger charge is 2.20. The molecule has 2 N–H and O–H groups in total. The van der Waals surface area contributed by atoms with Crippen LogP contribution in [0.3, 0.4) is 0 Å². The molecule has 1 heterocycles. The van der Waals surface area contributed by atoms with Gasteiger partial charge in [0.05, 0.1) is 5.39 Å². The van der Waals surface area contributed by atoms with Gasteiger partial charge in [0.2, 0.25) is 11.1 Å². The predicted molar refractivity (Wildman–Crippen MR) is 88.3 cm³/mol. The number of hydrogen-bond acceptors (Lipinski definition) is 6. The molecule has 1 aromatic heterocycles. The number of hydrogen-bond donors (Lipinski definition) is 2. The molecule has 0 spiro atoms. The number of fused-ring (bicyclic) bond motifs is 1. The van der Waals surface area contributed by atoms with E-state index in [4.69, 9.17) is 9.29 Å². The van der Waals surface area contributed by atoms with Gasteiger partial charge in [0.25, 0.3) is 0 Å². The molecule has 9 heteroatoms. The molecule has 0 radical (unpaired) electrons. The van der Waals surface area contributed by atoms with E-state index in [-0.39, 0.29) is 21.5 Å². The van der Waals surface area contributed by atoms with Crippen LogP contribution in [-0.4, -0.2) is 29.7 Å². The molecule has 0 fully saturated rings. The lowest BCUT2D eigenvalue weighted by molar-refractivity contribution is 0.0688. The summed E-state index contributed by atoms with van der Waals surface area (Å²) in [5.74, 6) is -1.64. The molecule has 0 saturated heterocycles. The van der Waals surface area contributed by atoms with Crippen molar-refractivity contribution in [1.29, 1.82) is 0 Å². The lowest BCUT2D eigenvalue weighted by atomic mass is 10.2. The Morgan fingerprint density at radius 1 is 1.16 bits per heavy atom. The first-order valence-corrected chi connectivity index (χ1v) is 8.46. The standard InChI is InChI=1S/C16H12N2O6S/c1-9-5-7-10(8-6-9)25(22,23)24-12-4-2-3-11-13(12)17-18-14(15(11)19)16(20)21/h2-8H,1H3,(H,17,19)(H,20,21). The minimum Gasteiger partial charge on any atom is -0.476 e. The highest BCUT2D eigenvalue weighted by molar-refractivity contribution is 7.87. The molecule has 0 atom stereocenters. The lowest BCUT2D eigenvalue weighted by Crippen LogP contribution is -2.19. The van der Waals surface area contributed by atoms with Crippen molar-refractivity contribution in [3.05, 3.63) is 63.9 Å². The van der Waals surface area contributed by atoms with Crippen LogP contribution in [0, 0.1) is 6.92 Å². The van der Waals surface area contributed by atoms with E-state index < -0.39 is 27.2 Å². The van der Waals surface area contributed by atoms with E-state index in [1.807, 2.05) is 6.92 Å². The number of nitrogens with zero attached hydrogens (tertiary/aromatic N) is 1. The number of aryl methyl sites for hydroxylation is 1. The fourth-order valence-corrected chi connectivity index (χ4v) is 3.15. The summed E-state index contributed by atoms with van der Waals surface area (Å²) in [6, 6.07) is 10.1. The largest absolute Gasteiger partial charge is 0.476 e. The van der Waals surface area contributed by atoms with E-state index in [0.29, 0.717) is 0 Å². The van der Waals surface area contributed by atoms with Crippen molar-refractivity contribution in [3.8, 4) is 5.75 Å². The summed E-state index contributed by atoms with van der Waals surface area (Å²) in [6.07, 6.45) is 0. The molecule has 0 saturated carbocycles. The normalized spacial score (nSPS) is 11.4. The average molecular weight is 360 g/mol. The molecule has 0 amide bonds. The quantitative estimate of drug-likeness (QED) is 0.678. The molecule has 0 aliphatic carbocycles. The summed E-state index contributed by atoms with van der Waals surface area (Å²) in [4.78, 5) is 23.1. The van der Waals surface area contributed by atoms with Crippen LogP contribution in [0.5, 0.6) is 5.75 Å².